The van der Waals surface area contributed by atoms with Gasteiger partial charge in [0.05, 0.1) is 0 Å². The van der Waals surface area contributed by atoms with E-state index in [0.29, 0.717) is 21.7 Å². The van der Waals surface area contributed by atoms with Crippen LogP contribution in [0.2, 0.25) is 4.71 Å². The number of nitriles is 1. The molecule has 12 heteroatoms. The number of carbonyl (C=O) groups is 1. The van der Waals surface area contributed by atoms with Crippen LogP contribution < -0.4 is 9.67 Å². The number of rotatable bonds is 6. The molecule has 1 aliphatic rings. The van der Waals surface area contributed by atoms with E-state index in [4.69, 9.17) is 10.4 Å². The van der Waals surface area contributed by atoms with Crippen LogP contribution in [0, 0.1) is 11.3 Å². The summed E-state index contributed by atoms with van der Waals surface area (Å²) in [4.78, 5) is 20.0. The van der Waals surface area contributed by atoms with Gasteiger partial charge in [-0.2, -0.15) is 0 Å². The molecule has 0 saturated heterocycles. The van der Waals surface area contributed by atoms with Crippen molar-refractivity contribution in [3.63, 3.8) is 0 Å². The van der Waals surface area contributed by atoms with Crippen molar-refractivity contribution in [2.45, 2.75) is 56.2 Å². The van der Waals surface area contributed by atoms with Gasteiger partial charge in [-0.3, -0.25) is 0 Å². The zero-order chi connectivity index (χ0) is 25.2. The van der Waals surface area contributed by atoms with Crippen LogP contribution in [-0.2, 0) is 0 Å². The summed E-state index contributed by atoms with van der Waals surface area (Å²) in [7, 11) is 0. The first kappa shape index (κ1) is 23.9. The van der Waals surface area contributed by atoms with E-state index in [-0.39, 0.29) is 12.0 Å². The predicted molar refractivity (Wildman–Crippen MR) is 134 cm³/mol. The molecule has 0 spiro atoms. The topological polar surface area (TPSA) is 147 Å². The van der Waals surface area contributed by atoms with Gasteiger partial charge in [-0.25, -0.2) is 0 Å². The maximum atomic E-state index is 10.9. The van der Waals surface area contributed by atoms with Crippen molar-refractivity contribution in [2.75, 3.05) is 0 Å². The van der Waals surface area contributed by atoms with Gasteiger partial charge in [-0.05, 0) is 0 Å². The molecule has 0 aromatic carbocycles. The van der Waals surface area contributed by atoms with Crippen molar-refractivity contribution in [3.8, 4) is 17.6 Å². The molecule has 4 heterocycles. The Kier molecular flexibility index (Phi) is 6.70. The normalized spacial score (nSPS) is 18.2. The van der Waals surface area contributed by atoms with Crippen molar-refractivity contribution >= 4 is 37.2 Å². The summed E-state index contributed by atoms with van der Waals surface area (Å²) in [6.45, 7) is 4.43. The van der Waals surface area contributed by atoms with Gasteiger partial charge in [0.1, 0.15) is 0 Å². The van der Waals surface area contributed by atoms with Gasteiger partial charge in [0, 0.05) is 0 Å². The van der Waals surface area contributed by atoms with E-state index in [1.165, 1.54) is 4.35 Å². The van der Waals surface area contributed by atoms with Crippen LogP contribution in [-0.4, -0.2) is 67.7 Å². The average Bonchev–Trinajstić information content (AvgIpc) is 3.51. The third-order valence-electron chi connectivity index (χ3n) is 6.30. The molecule has 1 atom stereocenters. The van der Waals surface area contributed by atoms with Crippen LogP contribution in [0.1, 0.15) is 56.7 Å². The second-order valence-electron chi connectivity index (χ2n) is 9.25. The molecule has 1 unspecified atom stereocenters. The third kappa shape index (κ3) is 4.95. The Morgan fingerprint density at radius 1 is 1.19 bits per heavy atom. The van der Waals surface area contributed by atoms with Crippen molar-refractivity contribution in [1.82, 2.24) is 40.1 Å². The van der Waals surface area contributed by atoms with Gasteiger partial charge in [0.15, 0.2) is 0 Å². The first-order valence-electron chi connectivity index (χ1n) is 11.8. The summed E-state index contributed by atoms with van der Waals surface area (Å²) in [5, 5.41) is 34.8. The van der Waals surface area contributed by atoms with Crippen LogP contribution in [0.15, 0.2) is 36.9 Å². The number of nitrogens with one attached hydrogen (secondary N) is 1. The van der Waals surface area contributed by atoms with E-state index in [1.807, 2.05) is 17.1 Å². The molecule has 11 nitrogen and oxygen atoms in total. The summed E-state index contributed by atoms with van der Waals surface area (Å²) in [6.07, 6.45) is 9.42. The quantitative estimate of drug-likeness (QED) is 0.350. The number of fused-ring (bicyclic) bond motifs is 1. The van der Waals surface area contributed by atoms with E-state index in [2.05, 4.69) is 56.7 Å². The first-order chi connectivity index (χ1) is 17.4. The zero-order valence-electron chi connectivity index (χ0n) is 20.0. The number of carboxylic acid groups (broad SMARTS) is 1. The molecule has 4 aromatic heterocycles. The van der Waals surface area contributed by atoms with Gasteiger partial charge < -0.3 is 0 Å². The molecule has 1 amide bonds. The van der Waals surface area contributed by atoms with Crippen LogP contribution in [0.25, 0.3) is 22.5 Å². The molecule has 36 heavy (non-hydrogen) atoms. The molecule has 0 bridgehead atoms. The summed E-state index contributed by atoms with van der Waals surface area (Å²) in [5.41, 5.74) is 2.99. The Morgan fingerprint density at radius 2 is 2.00 bits per heavy atom. The maximum absolute atomic E-state index is 10.9. The fraction of sp³-hybridized carbons (Fsp3) is 0.375. The molecule has 1 aliphatic carbocycles. The fourth-order valence-electron chi connectivity index (χ4n) is 4.60. The van der Waals surface area contributed by atoms with Gasteiger partial charge in [0.2, 0.25) is 0 Å². The Balaban J connectivity index is 1.42. The van der Waals surface area contributed by atoms with Crippen molar-refractivity contribution in [3.05, 3.63) is 48.2 Å². The standard InChI is InChI=1S/C24H26AsN9O2/c1-14(2)25-19-8-22(34-23-17(11-29-34)7-15(9-26)10-28-23)27-12-21(19)33-13-20(31-32-33)16-3-5-18(6-4-16)30-24(35)36/h7-8,10-14,16,18,25,30H,3-6H2,1-2H3,(H,35,36)/t16-,18-. The molecule has 184 valence electrons. The summed E-state index contributed by atoms with van der Waals surface area (Å²) >= 11 is -0.503. The molecule has 0 aliphatic heterocycles. The number of amides is 1. The van der Waals surface area contributed by atoms with Crippen molar-refractivity contribution in [1.29, 1.82) is 5.26 Å². The fourth-order valence-corrected chi connectivity index (χ4v) is 7.04. The molecule has 1 fully saturated rings. The molecule has 0 radical (unpaired) electrons. The van der Waals surface area contributed by atoms with Crippen LogP contribution >= 0.6 is 0 Å². The summed E-state index contributed by atoms with van der Waals surface area (Å²) in [6, 6.07) is 5.94. The SMILES string of the molecule is CC(C)[AsH]c1cc(-n2ncc3cc(C#N)cnc32)ncc1-n1cc([C@H]2CC[C@H](NC(=O)O)CC2)nn1. The Hall–Kier alpha value is -3.77. The molecule has 4 aromatic rings. The number of nitrogens with zero attached hydrogens (tertiary/aromatic N) is 8. The average molecular weight is 547 g/mol. The van der Waals surface area contributed by atoms with Gasteiger partial charge in [-0.1, -0.05) is 0 Å². The van der Waals surface area contributed by atoms with E-state index in [9.17, 15) is 4.79 Å². The van der Waals surface area contributed by atoms with Crippen molar-refractivity contribution < 1.29 is 9.90 Å². The predicted octanol–water partition coefficient (Wildman–Crippen LogP) is 2.45. The minimum absolute atomic E-state index is 0.00735. The molecule has 2 N–H and O–H groups in total. The summed E-state index contributed by atoms with van der Waals surface area (Å²) < 4.78 is 5.24. The third-order valence-corrected chi connectivity index (χ3v) is 9.00. The van der Waals surface area contributed by atoms with Gasteiger partial charge >= 0.3 is 214 Å². The number of pyridine rings is 2. The van der Waals surface area contributed by atoms with Gasteiger partial charge in [0.25, 0.3) is 0 Å². The number of hydrogen-bond donors (Lipinski definition) is 2. The van der Waals surface area contributed by atoms with Crippen LogP contribution in [0.3, 0.4) is 0 Å². The Morgan fingerprint density at radius 3 is 2.72 bits per heavy atom. The van der Waals surface area contributed by atoms with Crippen LogP contribution in [0.4, 0.5) is 4.79 Å². The first-order valence-corrected chi connectivity index (χ1v) is 14.1. The van der Waals surface area contributed by atoms with E-state index < -0.39 is 21.8 Å². The minimum atomic E-state index is -0.965. The monoisotopic (exact) mass is 547 g/mol. The molecule has 1 saturated carbocycles. The van der Waals surface area contributed by atoms with E-state index >= 15 is 0 Å². The molecular formula is C24H26AsN9O2. The zero-order valence-corrected chi connectivity index (χ0v) is 22.1. The van der Waals surface area contributed by atoms with E-state index in [0.717, 1.165) is 42.5 Å². The number of aromatic nitrogens is 7. The molecule has 5 rings (SSSR count). The van der Waals surface area contributed by atoms with Gasteiger partial charge in [-0.15, -0.1) is 0 Å². The van der Waals surface area contributed by atoms with E-state index in [1.54, 1.807) is 23.1 Å². The Labute approximate surface area is 214 Å². The second kappa shape index (κ2) is 10.1. The molecular weight excluding hydrogens is 521 g/mol. The summed E-state index contributed by atoms with van der Waals surface area (Å²) in [5.74, 6) is 0.942. The number of hydrogen-bond acceptors (Lipinski definition) is 7. The Bertz CT molecular complexity index is 1450. The van der Waals surface area contributed by atoms with Crippen LogP contribution in [0.5, 0.6) is 0 Å². The van der Waals surface area contributed by atoms with Crippen molar-refractivity contribution in [2.24, 2.45) is 0 Å². The second-order valence-corrected chi connectivity index (χ2v) is 13.4.